The summed E-state index contributed by atoms with van der Waals surface area (Å²) in [6.45, 7) is 2.55. The predicted molar refractivity (Wildman–Crippen MR) is 94.3 cm³/mol. The molecule has 1 amide bonds. The number of thiophene rings is 1. The molecular formula is C18H20N2O2S. The molecule has 0 atom stereocenters. The molecule has 2 aromatic rings. The lowest BCUT2D eigenvalue weighted by Crippen LogP contribution is -2.14. The first-order chi connectivity index (χ1) is 11.2. The van der Waals surface area contributed by atoms with Gasteiger partial charge in [-0.3, -0.25) is 4.79 Å². The molecule has 1 aromatic carbocycles. The first kappa shape index (κ1) is 15.7. The number of aryl methyl sites for hydroxylation is 1. The van der Waals surface area contributed by atoms with Crippen LogP contribution in [0.4, 0.5) is 5.00 Å². The van der Waals surface area contributed by atoms with E-state index in [0.717, 1.165) is 41.1 Å². The molecule has 1 aliphatic rings. The molecule has 120 valence electrons. The van der Waals surface area contributed by atoms with Crippen molar-refractivity contribution in [2.24, 2.45) is 10.7 Å². The van der Waals surface area contributed by atoms with Crippen LogP contribution in [-0.2, 0) is 12.8 Å². The van der Waals surface area contributed by atoms with Crippen LogP contribution in [0.15, 0.2) is 29.3 Å². The number of carbonyl (C=O) groups excluding carboxylic acids is 1. The molecule has 0 fully saturated rings. The monoisotopic (exact) mass is 328 g/mol. The summed E-state index contributed by atoms with van der Waals surface area (Å²) in [5.74, 6) is 0.412. The molecule has 0 spiro atoms. The molecule has 1 aromatic heterocycles. The number of amides is 1. The smallest absolute Gasteiger partial charge is 0.252 e. The molecule has 5 heteroatoms. The van der Waals surface area contributed by atoms with Crippen molar-refractivity contribution in [3.63, 3.8) is 0 Å². The minimum Gasteiger partial charge on any atom is -0.493 e. The molecular weight excluding hydrogens is 308 g/mol. The van der Waals surface area contributed by atoms with Crippen LogP contribution in [0, 0.1) is 0 Å². The van der Waals surface area contributed by atoms with Gasteiger partial charge in [0.05, 0.1) is 12.2 Å². The third kappa shape index (κ3) is 3.29. The minimum absolute atomic E-state index is 0.380. The molecule has 23 heavy (non-hydrogen) atoms. The largest absolute Gasteiger partial charge is 0.493 e. The summed E-state index contributed by atoms with van der Waals surface area (Å²) in [5, 5.41) is 0.718. The SMILES string of the molecule is CCOc1ccccc1C=Nc1sc2c(c1C(N)=O)CCCC2. The Labute approximate surface area is 140 Å². The summed E-state index contributed by atoms with van der Waals surface area (Å²) in [4.78, 5) is 17.7. The van der Waals surface area contributed by atoms with E-state index in [1.54, 1.807) is 17.6 Å². The topological polar surface area (TPSA) is 64.7 Å². The Kier molecular flexibility index (Phi) is 4.76. The first-order valence-electron chi connectivity index (χ1n) is 7.91. The Morgan fingerprint density at radius 1 is 1.35 bits per heavy atom. The molecule has 0 saturated carbocycles. The van der Waals surface area contributed by atoms with E-state index < -0.39 is 0 Å². The number of hydrogen-bond acceptors (Lipinski definition) is 4. The van der Waals surface area contributed by atoms with E-state index in [-0.39, 0.29) is 5.91 Å². The number of fused-ring (bicyclic) bond motifs is 1. The van der Waals surface area contributed by atoms with E-state index >= 15 is 0 Å². The Balaban J connectivity index is 1.97. The fourth-order valence-corrected chi connectivity index (χ4v) is 4.14. The zero-order chi connectivity index (χ0) is 16.2. The Bertz CT molecular complexity index is 749. The second-order valence-corrected chi connectivity index (χ2v) is 6.57. The van der Waals surface area contributed by atoms with E-state index in [4.69, 9.17) is 10.5 Å². The second kappa shape index (κ2) is 6.96. The normalized spacial score (nSPS) is 14.0. The van der Waals surface area contributed by atoms with Gasteiger partial charge in [-0.25, -0.2) is 4.99 Å². The number of hydrogen-bond donors (Lipinski definition) is 1. The maximum atomic E-state index is 11.9. The highest BCUT2D eigenvalue weighted by Crippen LogP contribution is 2.39. The van der Waals surface area contributed by atoms with Crippen LogP contribution in [0.1, 0.15) is 46.1 Å². The lowest BCUT2D eigenvalue weighted by molar-refractivity contribution is 0.100. The van der Waals surface area contributed by atoms with Gasteiger partial charge in [-0.1, -0.05) is 12.1 Å². The number of aliphatic imine (C=N–C) groups is 1. The van der Waals surface area contributed by atoms with Crippen LogP contribution in [0.5, 0.6) is 5.75 Å². The summed E-state index contributed by atoms with van der Waals surface area (Å²) >= 11 is 1.59. The van der Waals surface area contributed by atoms with Crippen LogP contribution in [0.2, 0.25) is 0 Å². The molecule has 2 N–H and O–H groups in total. The van der Waals surface area contributed by atoms with Crippen molar-refractivity contribution in [3.05, 3.63) is 45.8 Å². The predicted octanol–water partition coefficient (Wildman–Crippen LogP) is 3.88. The number of para-hydroxylation sites is 1. The summed E-state index contributed by atoms with van der Waals surface area (Å²) in [6, 6.07) is 7.74. The minimum atomic E-state index is -0.380. The third-order valence-electron chi connectivity index (χ3n) is 3.94. The maximum absolute atomic E-state index is 11.9. The number of benzene rings is 1. The molecule has 1 aliphatic carbocycles. The van der Waals surface area contributed by atoms with Crippen molar-refractivity contribution in [3.8, 4) is 5.75 Å². The van der Waals surface area contributed by atoms with Crippen molar-refractivity contribution < 1.29 is 9.53 Å². The Morgan fingerprint density at radius 2 is 2.13 bits per heavy atom. The van der Waals surface area contributed by atoms with Gasteiger partial charge in [-0.2, -0.15) is 0 Å². The summed E-state index contributed by atoms with van der Waals surface area (Å²) in [7, 11) is 0. The number of ether oxygens (including phenoxy) is 1. The van der Waals surface area contributed by atoms with E-state index in [1.807, 2.05) is 31.2 Å². The molecule has 1 heterocycles. The number of carbonyl (C=O) groups is 1. The van der Waals surface area contributed by atoms with Crippen LogP contribution in [0.3, 0.4) is 0 Å². The molecule has 0 bridgehead atoms. The first-order valence-corrected chi connectivity index (χ1v) is 8.72. The van der Waals surface area contributed by atoms with Gasteiger partial charge in [0.2, 0.25) is 0 Å². The summed E-state index contributed by atoms with van der Waals surface area (Å²) < 4.78 is 5.60. The van der Waals surface area contributed by atoms with Crippen molar-refractivity contribution in [2.45, 2.75) is 32.6 Å². The highest BCUT2D eigenvalue weighted by molar-refractivity contribution is 7.16. The van der Waals surface area contributed by atoms with E-state index in [1.165, 1.54) is 11.3 Å². The number of nitrogens with zero attached hydrogens (tertiary/aromatic N) is 1. The van der Waals surface area contributed by atoms with Gasteiger partial charge in [0.15, 0.2) is 0 Å². The zero-order valence-corrected chi connectivity index (χ0v) is 14.0. The summed E-state index contributed by atoms with van der Waals surface area (Å²) in [6.07, 6.45) is 5.98. The maximum Gasteiger partial charge on any atom is 0.252 e. The summed E-state index contributed by atoms with van der Waals surface area (Å²) in [5.41, 5.74) is 8.21. The van der Waals surface area contributed by atoms with Crippen molar-refractivity contribution in [1.82, 2.24) is 0 Å². The van der Waals surface area contributed by atoms with Gasteiger partial charge < -0.3 is 10.5 Å². The van der Waals surface area contributed by atoms with E-state index in [2.05, 4.69) is 4.99 Å². The molecule has 0 radical (unpaired) electrons. The molecule has 0 saturated heterocycles. The van der Waals surface area contributed by atoms with Gasteiger partial charge in [-0.05, 0) is 50.3 Å². The third-order valence-corrected chi connectivity index (χ3v) is 5.14. The number of rotatable bonds is 5. The van der Waals surface area contributed by atoms with Gasteiger partial charge in [0.1, 0.15) is 10.8 Å². The fraction of sp³-hybridized carbons (Fsp3) is 0.333. The Hall–Kier alpha value is -2.14. The van der Waals surface area contributed by atoms with Crippen LogP contribution < -0.4 is 10.5 Å². The van der Waals surface area contributed by atoms with Crippen molar-refractivity contribution in [1.29, 1.82) is 0 Å². The average Bonchev–Trinajstić information content (AvgIpc) is 2.93. The van der Waals surface area contributed by atoms with E-state index in [0.29, 0.717) is 12.2 Å². The lowest BCUT2D eigenvalue weighted by atomic mass is 9.95. The highest BCUT2D eigenvalue weighted by Gasteiger charge is 2.23. The van der Waals surface area contributed by atoms with Gasteiger partial charge >= 0.3 is 0 Å². The van der Waals surface area contributed by atoms with Gasteiger partial charge in [-0.15, -0.1) is 11.3 Å². The van der Waals surface area contributed by atoms with Crippen LogP contribution in [-0.4, -0.2) is 18.7 Å². The van der Waals surface area contributed by atoms with Crippen molar-refractivity contribution in [2.75, 3.05) is 6.61 Å². The fourth-order valence-electron chi connectivity index (χ4n) is 2.90. The van der Waals surface area contributed by atoms with Crippen molar-refractivity contribution >= 4 is 28.5 Å². The van der Waals surface area contributed by atoms with Gasteiger partial charge in [0, 0.05) is 16.7 Å². The second-order valence-electron chi connectivity index (χ2n) is 5.48. The molecule has 0 unspecified atom stereocenters. The molecule has 0 aliphatic heterocycles. The average molecular weight is 328 g/mol. The highest BCUT2D eigenvalue weighted by atomic mass is 32.1. The van der Waals surface area contributed by atoms with E-state index in [9.17, 15) is 4.79 Å². The molecule has 4 nitrogen and oxygen atoms in total. The van der Waals surface area contributed by atoms with Gasteiger partial charge in [0.25, 0.3) is 5.91 Å². The molecule has 3 rings (SSSR count). The number of primary amides is 1. The quantitative estimate of drug-likeness (QED) is 0.847. The standard InChI is InChI=1S/C18H20N2O2S/c1-2-22-14-9-5-3-7-12(14)11-20-18-16(17(19)21)13-8-4-6-10-15(13)23-18/h3,5,7,9,11H,2,4,6,8,10H2,1H3,(H2,19,21). The van der Waals surface area contributed by atoms with Crippen LogP contribution in [0.25, 0.3) is 0 Å². The number of nitrogens with two attached hydrogens (primary N) is 1. The Morgan fingerprint density at radius 3 is 2.91 bits per heavy atom. The zero-order valence-electron chi connectivity index (χ0n) is 13.2. The lowest BCUT2D eigenvalue weighted by Gasteiger charge is -2.10. The van der Waals surface area contributed by atoms with Crippen LogP contribution >= 0.6 is 11.3 Å².